The van der Waals surface area contributed by atoms with Gasteiger partial charge in [0.2, 0.25) is 0 Å². The second kappa shape index (κ2) is 7.25. The standard InChI is InChI=1S/C13H21NO2/c1-3-11(2)14-9-12(15)10-16-13-7-5-4-6-8-13/h4-8,11-12,14-15H,3,9-10H2,1-2H3/t11-,12-/m0/s1. The third kappa shape index (κ3) is 5.14. The third-order valence-corrected chi connectivity index (χ3v) is 2.50. The monoisotopic (exact) mass is 223 g/mol. The van der Waals surface area contributed by atoms with Gasteiger partial charge in [0.05, 0.1) is 0 Å². The lowest BCUT2D eigenvalue weighted by atomic mass is 10.2. The molecule has 0 saturated heterocycles. The summed E-state index contributed by atoms with van der Waals surface area (Å²) < 4.78 is 5.44. The van der Waals surface area contributed by atoms with Crippen molar-refractivity contribution < 1.29 is 9.84 Å². The van der Waals surface area contributed by atoms with E-state index in [1.54, 1.807) is 0 Å². The molecular formula is C13H21NO2. The normalized spacial score (nSPS) is 14.4. The largest absolute Gasteiger partial charge is 0.491 e. The fourth-order valence-corrected chi connectivity index (χ4v) is 1.25. The molecule has 0 unspecified atom stereocenters. The molecule has 0 bridgehead atoms. The van der Waals surface area contributed by atoms with Crippen molar-refractivity contribution in [1.29, 1.82) is 0 Å². The van der Waals surface area contributed by atoms with Gasteiger partial charge in [0, 0.05) is 12.6 Å². The van der Waals surface area contributed by atoms with Gasteiger partial charge in [-0.2, -0.15) is 0 Å². The number of aliphatic hydroxyl groups is 1. The van der Waals surface area contributed by atoms with Crippen molar-refractivity contribution in [3.05, 3.63) is 30.3 Å². The van der Waals surface area contributed by atoms with Gasteiger partial charge in [-0.25, -0.2) is 0 Å². The van der Waals surface area contributed by atoms with Gasteiger partial charge in [-0.05, 0) is 25.5 Å². The van der Waals surface area contributed by atoms with Crippen molar-refractivity contribution in [1.82, 2.24) is 5.32 Å². The van der Waals surface area contributed by atoms with Crippen LogP contribution in [0.4, 0.5) is 0 Å². The number of hydrogen-bond acceptors (Lipinski definition) is 3. The van der Waals surface area contributed by atoms with Crippen LogP contribution in [0.25, 0.3) is 0 Å². The molecule has 3 nitrogen and oxygen atoms in total. The van der Waals surface area contributed by atoms with E-state index in [4.69, 9.17) is 4.74 Å². The van der Waals surface area contributed by atoms with E-state index < -0.39 is 6.10 Å². The molecule has 0 aliphatic heterocycles. The van der Waals surface area contributed by atoms with Gasteiger partial charge in [0.25, 0.3) is 0 Å². The average Bonchev–Trinajstić information content (AvgIpc) is 2.34. The second-order valence-corrected chi connectivity index (χ2v) is 4.00. The molecule has 0 amide bonds. The smallest absolute Gasteiger partial charge is 0.119 e. The summed E-state index contributed by atoms with van der Waals surface area (Å²) in [6.45, 7) is 5.12. The van der Waals surface area contributed by atoms with E-state index in [0.29, 0.717) is 19.2 Å². The van der Waals surface area contributed by atoms with Gasteiger partial charge < -0.3 is 15.2 Å². The molecule has 0 spiro atoms. The van der Waals surface area contributed by atoms with Crippen LogP contribution in [0.5, 0.6) is 5.75 Å². The quantitative estimate of drug-likeness (QED) is 0.741. The van der Waals surface area contributed by atoms with Crippen LogP contribution >= 0.6 is 0 Å². The highest BCUT2D eigenvalue weighted by molar-refractivity contribution is 5.20. The van der Waals surface area contributed by atoms with Crippen LogP contribution in [-0.4, -0.2) is 30.4 Å². The van der Waals surface area contributed by atoms with Gasteiger partial charge in [-0.15, -0.1) is 0 Å². The second-order valence-electron chi connectivity index (χ2n) is 4.00. The van der Waals surface area contributed by atoms with E-state index >= 15 is 0 Å². The predicted octanol–water partition coefficient (Wildman–Crippen LogP) is 1.81. The Kier molecular flexibility index (Phi) is 5.90. The van der Waals surface area contributed by atoms with Crippen LogP contribution in [-0.2, 0) is 0 Å². The van der Waals surface area contributed by atoms with E-state index in [1.165, 1.54) is 0 Å². The molecule has 0 aliphatic carbocycles. The summed E-state index contributed by atoms with van der Waals surface area (Å²) in [5.74, 6) is 0.796. The highest BCUT2D eigenvalue weighted by atomic mass is 16.5. The maximum atomic E-state index is 9.67. The molecular weight excluding hydrogens is 202 g/mol. The molecule has 1 rings (SSSR count). The van der Waals surface area contributed by atoms with Gasteiger partial charge >= 0.3 is 0 Å². The molecule has 90 valence electrons. The van der Waals surface area contributed by atoms with Gasteiger partial charge in [0.15, 0.2) is 0 Å². The molecule has 0 heterocycles. The molecule has 3 heteroatoms. The molecule has 0 fully saturated rings. The van der Waals surface area contributed by atoms with Crippen LogP contribution in [0, 0.1) is 0 Å². The zero-order valence-electron chi connectivity index (χ0n) is 10.0. The number of aliphatic hydroxyl groups excluding tert-OH is 1. The highest BCUT2D eigenvalue weighted by Gasteiger charge is 2.06. The summed E-state index contributed by atoms with van der Waals surface area (Å²) in [5, 5.41) is 12.9. The van der Waals surface area contributed by atoms with Crippen molar-refractivity contribution in [3.63, 3.8) is 0 Å². The fraction of sp³-hybridized carbons (Fsp3) is 0.538. The highest BCUT2D eigenvalue weighted by Crippen LogP contribution is 2.08. The number of benzene rings is 1. The first-order valence-corrected chi connectivity index (χ1v) is 5.81. The lowest BCUT2D eigenvalue weighted by molar-refractivity contribution is 0.104. The summed E-state index contributed by atoms with van der Waals surface area (Å²) in [4.78, 5) is 0. The van der Waals surface area contributed by atoms with E-state index in [2.05, 4.69) is 19.2 Å². The van der Waals surface area contributed by atoms with Crippen LogP contribution in [0.2, 0.25) is 0 Å². The first-order chi connectivity index (χ1) is 7.72. The Morgan fingerprint density at radius 3 is 2.62 bits per heavy atom. The van der Waals surface area contributed by atoms with E-state index in [9.17, 15) is 5.11 Å². The van der Waals surface area contributed by atoms with Gasteiger partial charge in [-0.1, -0.05) is 25.1 Å². The molecule has 16 heavy (non-hydrogen) atoms. The lowest BCUT2D eigenvalue weighted by Crippen LogP contribution is -2.36. The summed E-state index contributed by atoms with van der Waals surface area (Å²) in [7, 11) is 0. The maximum Gasteiger partial charge on any atom is 0.119 e. The zero-order valence-corrected chi connectivity index (χ0v) is 10.0. The topological polar surface area (TPSA) is 41.5 Å². The van der Waals surface area contributed by atoms with Crippen molar-refractivity contribution in [2.45, 2.75) is 32.4 Å². The Morgan fingerprint density at radius 1 is 1.31 bits per heavy atom. The molecule has 0 radical (unpaired) electrons. The Morgan fingerprint density at radius 2 is 2.00 bits per heavy atom. The minimum Gasteiger partial charge on any atom is -0.491 e. The van der Waals surface area contributed by atoms with Crippen molar-refractivity contribution in [3.8, 4) is 5.75 Å². The molecule has 2 N–H and O–H groups in total. The van der Waals surface area contributed by atoms with Crippen molar-refractivity contribution in [2.75, 3.05) is 13.2 Å². The number of rotatable bonds is 7. The first-order valence-electron chi connectivity index (χ1n) is 5.81. The Labute approximate surface area is 97.4 Å². The molecule has 0 aromatic heterocycles. The van der Waals surface area contributed by atoms with E-state index in [1.807, 2.05) is 30.3 Å². The molecule has 0 saturated carbocycles. The van der Waals surface area contributed by atoms with Crippen molar-refractivity contribution in [2.24, 2.45) is 0 Å². The summed E-state index contributed by atoms with van der Waals surface area (Å²) >= 11 is 0. The summed E-state index contributed by atoms with van der Waals surface area (Å²) in [6.07, 6.45) is 0.598. The third-order valence-electron chi connectivity index (χ3n) is 2.50. The number of para-hydroxylation sites is 1. The fourth-order valence-electron chi connectivity index (χ4n) is 1.25. The van der Waals surface area contributed by atoms with E-state index in [-0.39, 0.29) is 0 Å². The van der Waals surface area contributed by atoms with Crippen LogP contribution < -0.4 is 10.1 Å². The molecule has 2 atom stereocenters. The average molecular weight is 223 g/mol. The molecule has 1 aromatic carbocycles. The summed E-state index contributed by atoms with van der Waals surface area (Å²) in [6, 6.07) is 9.97. The lowest BCUT2D eigenvalue weighted by Gasteiger charge is -2.16. The Balaban J connectivity index is 2.18. The molecule has 1 aromatic rings. The first kappa shape index (κ1) is 13.0. The minimum absolute atomic E-state index is 0.327. The summed E-state index contributed by atoms with van der Waals surface area (Å²) in [5.41, 5.74) is 0. The number of hydrogen-bond donors (Lipinski definition) is 2. The Hall–Kier alpha value is -1.06. The number of ether oxygens (including phenoxy) is 1. The molecule has 0 aliphatic rings. The van der Waals surface area contributed by atoms with Gasteiger partial charge in [-0.3, -0.25) is 0 Å². The van der Waals surface area contributed by atoms with Crippen LogP contribution in [0.15, 0.2) is 30.3 Å². The SMILES string of the molecule is CC[C@H](C)NC[C@H](O)COc1ccccc1. The van der Waals surface area contributed by atoms with E-state index in [0.717, 1.165) is 12.2 Å². The van der Waals surface area contributed by atoms with Gasteiger partial charge in [0.1, 0.15) is 18.5 Å². The van der Waals surface area contributed by atoms with Crippen molar-refractivity contribution >= 4 is 0 Å². The maximum absolute atomic E-state index is 9.67. The number of nitrogens with one attached hydrogen (secondary N) is 1. The van der Waals surface area contributed by atoms with Crippen LogP contribution in [0.3, 0.4) is 0 Å². The van der Waals surface area contributed by atoms with Crippen LogP contribution in [0.1, 0.15) is 20.3 Å². The Bertz CT molecular complexity index is 277. The zero-order chi connectivity index (χ0) is 11.8. The predicted molar refractivity (Wildman–Crippen MR) is 65.7 cm³/mol. The minimum atomic E-state index is -0.464.